The van der Waals surface area contributed by atoms with Crippen LogP contribution in [-0.4, -0.2) is 24.9 Å². The third-order valence-electron chi connectivity index (χ3n) is 2.51. The Labute approximate surface area is 107 Å². The van der Waals surface area contributed by atoms with Crippen molar-refractivity contribution in [3.63, 3.8) is 0 Å². The number of rotatable bonds is 7. The van der Waals surface area contributed by atoms with E-state index < -0.39 is 5.97 Å². The molecule has 4 nitrogen and oxygen atoms in total. The van der Waals surface area contributed by atoms with Crippen molar-refractivity contribution in [1.82, 2.24) is 5.32 Å². The van der Waals surface area contributed by atoms with Gasteiger partial charge in [-0.3, -0.25) is 9.59 Å². The van der Waals surface area contributed by atoms with Crippen molar-refractivity contribution < 1.29 is 14.3 Å². The first-order valence-electron chi connectivity index (χ1n) is 6.00. The highest BCUT2D eigenvalue weighted by Crippen LogP contribution is 2.05. The molecule has 0 saturated heterocycles. The highest BCUT2D eigenvalue weighted by atomic mass is 16.5. The molecule has 1 aromatic carbocycles. The van der Waals surface area contributed by atoms with Crippen molar-refractivity contribution in [3.05, 3.63) is 35.4 Å². The van der Waals surface area contributed by atoms with Gasteiger partial charge in [0.2, 0.25) is 0 Å². The molecular weight excluding hydrogens is 230 g/mol. The van der Waals surface area contributed by atoms with Gasteiger partial charge < -0.3 is 10.1 Å². The van der Waals surface area contributed by atoms with Crippen LogP contribution in [0.3, 0.4) is 0 Å². The average molecular weight is 249 g/mol. The first kappa shape index (κ1) is 14.4. The summed E-state index contributed by atoms with van der Waals surface area (Å²) in [7, 11) is 0. The van der Waals surface area contributed by atoms with Gasteiger partial charge in [-0.25, -0.2) is 0 Å². The van der Waals surface area contributed by atoms with E-state index in [0.717, 1.165) is 6.54 Å². The van der Waals surface area contributed by atoms with Crippen molar-refractivity contribution in [2.75, 3.05) is 13.2 Å². The maximum absolute atomic E-state index is 11.1. The Morgan fingerprint density at radius 1 is 1.28 bits per heavy atom. The summed E-state index contributed by atoms with van der Waals surface area (Å²) in [5.74, 6) is -0.631. The number of nitrogens with one attached hydrogen (secondary N) is 1. The molecule has 0 saturated carbocycles. The van der Waals surface area contributed by atoms with Gasteiger partial charge in [0.25, 0.3) is 0 Å². The minimum Gasteiger partial charge on any atom is -0.464 e. The lowest BCUT2D eigenvalue weighted by atomic mass is 10.1. The summed E-state index contributed by atoms with van der Waals surface area (Å²) in [6.07, 6.45) is -0.141. The van der Waals surface area contributed by atoms with Gasteiger partial charge in [-0.2, -0.15) is 0 Å². The van der Waals surface area contributed by atoms with Gasteiger partial charge in [0.15, 0.2) is 0 Å². The van der Waals surface area contributed by atoms with Crippen LogP contribution in [0.2, 0.25) is 0 Å². The van der Waals surface area contributed by atoms with Crippen LogP contribution in [0.5, 0.6) is 0 Å². The molecule has 0 spiro atoms. The van der Waals surface area contributed by atoms with E-state index >= 15 is 0 Å². The monoisotopic (exact) mass is 249 g/mol. The number of benzene rings is 1. The molecule has 0 bridgehead atoms. The fraction of sp³-hybridized carbons (Fsp3) is 0.429. The number of ether oxygens (including phenoxy) is 1. The molecule has 4 heteroatoms. The molecule has 0 fully saturated rings. The molecule has 0 amide bonds. The van der Waals surface area contributed by atoms with Gasteiger partial charge in [0.1, 0.15) is 18.8 Å². The third-order valence-corrected chi connectivity index (χ3v) is 2.51. The summed E-state index contributed by atoms with van der Waals surface area (Å²) in [6.45, 7) is 5.05. The van der Waals surface area contributed by atoms with E-state index in [2.05, 4.69) is 24.4 Å². The highest BCUT2D eigenvalue weighted by molar-refractivity contribution is 5.94. The Morgan fingerprint density at radius 2 is 2.00 bits per heavy atom. The second kappa shape index (κ2) is 7.61. The van der Waals surface area contributed by atoms with Crippen molar-refractivity contribution >= 4 is 11.8 Å². The van der Waals surface area contributed by atoms with Gasteiger partial charge in [-0.1, -0.05) is 24.3 Å². The third kappa shape index (κ3) is 5.59. The Morgan fingerprint density at radius 3 is 2.67 bits per heavy atom. The van der Waals surface area contributed by atoms with E-state index in [-0.39, 0.29) is 18.8 Å². The Hall–Kier alpha value is -1.68. The number of carbonyl (C=O) groups excluding carboxylic acids is 2. The largest absolute Gasteiger partial charge is 0.464 e. The van der Waals surface area contributed by atoms with Crippen LogP contribution in [0.1, 0.15) is 24.5 Å². The molecule has 1 rings (SSSR count). The maximum atomic E-state index is 11.1. The first-order valence-corrected chi connectivity index (χ1v) is 6.00. The standard InChI is InChI=1S/C14H19NO3/c1-11-5-3-4-6-13(11)10-15-7-8-18-14(17)9-12(2)16/h3-6,15H,7-10H2,1-2H3. The molecule has 0 aliphatic carbocycles. The van der Waals surface area contributed by atoms with Crippen molar-refractivity contribution in [2.24, 2.45) is 0 Å². The van der Waals surface area contributed by atoms with Crippen molar-refractivity contribution in [3.8, 4) is 0 Å². The molecule has 0 heterocycles. The minimum absolute atomic E-state index is 0.141. The number of ketones is 1. The van der Waals surface area contributed by atoms with Crippen LogP contribution >= 0.6 is 0 Å². The smallest absolute Gasteiger partial charge is 0.313 e. The molecule has 98 valence electrons. The zero-order chi connectivity index (χ0) is 13.4. The Bertz CT molecular complexity index is 415. The minimum atomic E-state index is -0.458. The summed E-state index contributed by atoms with van der Waals surface area (Å²) in [4.78, 5) is 21.7. The van der Waals surface area contributed by atoms with Gasteiger partial charge >= 0.3 is 5.97 Å². The average Bonchev–Trinajstić information content (AvgIpc) is 2.30. The molecule has 0 aliphatic heterocycles. The summed E-state index contributed by atoms with van der Waals surface area (Å²) in [5.41, 5.74) is 2.46. The van der Waals surface area contributed by atoms with E-state index in [1.165, 1.54) is 18.1 Å². The topological polar surface area (TPSA) is 55.4 Å². The van der Waals surface area contributed by atoms with Gasteiger partial charge in [0.05, 0.1) is 0 Å². The Balaban J connectivity index is 2.14. The number of carbonyl (C=O) groups is 2. The van der Waals surface area contributed by atoms with E-state index in [1.54, 1.807) is 0 Å². The van der Waals surface area contributed by atoms with Gasteiger partial charge in [-0.15, -0.1) is 0 Å². The zero-order valence-electron chi connectivity index (χ0n) is 10.9. The molecule has 1 N–H and O–H groups in total. The molecule has 0 atom stereocenters. The normalized spacial score (nSPS) is 10.1. The number of aryl methyl sites for hydroxylation is 1. The lowest BCUT2D eigenvalue weighted by Crippen LogP contribution is -2.22. The summed E-state index contributed by atoms with van der Waals surface area (Å²) >= 11 is 0. The van der Waals surface area contributed by atoms with E-state index in [4.69, 9.17) is 4.74 Å². The molecule has 0 unspecified atom stereocenters. The fourth-order valence-electron chi connectivity index (χ4n) is 1.52. The quantitative estimate of drug-likeness (QED) is 0.453. The molecule has 18 heavy (non-hydrogen) atoms. The predicted molar refractivity (Wildman–Crippen MR) is 69.1 cm³/mol. The SMILES string of the molecule is CC(=O)CC(=O)OCCNCc1ccccc1C. The van der Waals surface area contributed by atoms with Crippen LogP contribution in [-0.2, 0) is 20.9 Å². The number of hydrogen-bond acceptors (Lipinski definition) is 4. The predicted octanol–water partition coefficient (Wildman–Crippen LogP) is 1.61. The van der Waals surface area contributed by atoms with E-state index in [9.17, 15) is 9.59 Å². The number of hydrogen-bond donors (Lipinski definition) is 1. The second-order valence-corrected chi connectivity index (χ2v) is 4.20. The first-order chi connectivity index (χ1) is 8.59. The number of Topliss-reactive ketones (excluding diaryl/α,β-unsaturated/α-hetero) is 1. The highest BCUT2D eigenvalue weighted by Gasteiger charge is 2.05. The van der Waals surface area contributed by atoms with Crippen LogP contribution in [0.25, 0.3) is 0 Å². The number of esters is 1. The fourth-order valence-corrected chi connectivity index (χ4v) is 1.52. The second-order valence-electron chi connectivity index (χ2n) is 4.20. The Kier molecular flexibility index (Phi) is 6.08. The van der Waals surface area contributed by atoms with Crippen LogP contribution in [0, 0.1) is 6.92 Å². The van der Waals surface area contributed by atoms with Crippen LogP contribution in [0.4, 0.5) is 0 Å². The summed E-state index contributed by atoms with van der Waals surface area (Å²) < 4.78 is 4.90. The van der Waals surface area contributed by atoms with Gasteiger partial charge in [-0.05, 0) is 25.0 Å². The molecular formula is C14H19NO3. The molecule has 0 aromatic heterocycles. The van der Waals surface area contributed by atoms with Crippen LogP contribution < -0.4 is 5.32 Å². The summed E-state index contributed by atoms with van der Waals surface area (Å²) in [6, 6.07) is 8.12. The maximum Gasteiger partial charge on any atom is 0.313 e. The molecule has 0 radical (unpaired) electrons. The van der Waals surface area contributed by atoms with Gasteiger partial charge in [0, 0.05) is 13.1 Å². The van der Waals surface area contributed by atoms with Crippen molar-refractivity contribution in [1.29, 1.82) is 0 Å². The van der Waals surface area contributed by atoms with E-state index in [1.807, 2.05) is 12.1 Å². The lowest BCUT2D eigenvalue weighted by Gasteiger charge is -2.08. The lowest BCUT2D eigenvalue weighted by molar-refractivity contribution is -0.145. The zero-order valence-corrected chi connectivity index (χ0v) is 10.9. The van der Waals surface area contributed by atoms with Crippen LogP contribution in [0.15, 0.2) is 24.3 Å². The summed E-state index contributed by atoms with van der Waals surface area (Å²) in [5, 5.41) is 3.19. The molecule has 0 aliphatic rings. The van der Waals surface area contributed by atoms with E-state index in [0.29, 0.717) is 6.54 Å². The molecule has 1 aromatic rings. The van der Waals surface area contributed by atoms with Crippen molar-refractivity contribution in [2.45, 2.75) is 26.8 Å².